The van der Waals surface area contributed by atoms with Crippen molar-refractivity contribution in [3.8, 4) is 0 Å². The minimum absolute atomic E-state index is 0.117. The number of carbonyl (C=O) groups excluding carboxylic acids is 2. The summed E-state index contributed by atoms with van der Waals surface area (Å²) in [6.07, 6.45) is 3.96. The Morgan fingerprint density at radius 1 is 1.18 bits per heavy atom. The summed E-state index contributed by atoms with van der Waals surface area (Å²) in [5, 5.41) is 14.7. The van der Waals surface area contributed by atoms with E-state index in [-0.39, 0.29) is 11.3 Å². The number of fused-ring (bicyclic) bond motifs is 1. The maximum absolute atomic E-state index is 12.5. The molecule has 34 heavy (non-hydrogen) atoms. The fourth-order valence-corrected chi connectivity index (χ4v) is 3.96. The van der Waals surface area contributed by atoms with Gasteiger partial charge in [-0.25, -0.2) is 9.97 Å². The molecule has 0 spiro atoms. The highest BCUT2D eigenvalue weighted by atomic mass is 35.5. The number of piperazine rings is 1. The number of aromatic nitrogens is 4. The van der Waals surface area contributed by atoms with Gasteiger partial charge in [0.25, 0.3) is 5.91 Å². The van der Waals surface area contributed by atoms with Gasteiger partial charge in [0.15, 0.2) is 5.11 Å². The normalized spacial score (nSPS) is 13.7. The predicted octanol–water partition coefficient (Wildman–Crippen LogP) is 0.0602. The number of amides is 1. The number of carbonyl (C=O) groups is 2. The van der Waals surface area contributed by atoms with Crippen LogP contribution in [0.25, 0.3) is 11.0 Å². The zero-order valence-electron chi connectivity index (χ0n) is 18.0. The molecule has 1 N–H and O–H groups in total. The number of carboxylic acid groups (broad SMARTS) is 1. The van der Waals surface area contributed by atoms with E-state index in [9.17, 15) is 19.5 Å². The van der Waals surface area contributed by atoms with Crippen LogP contribution >= 0.6 is 23.8 Å². The Morgan fingerprint density at radius 3 is 2.53 bits per heavy atom. The molecule has 1 fully saturated rings. The summed E-state index contributed by atoms with van der Waals surface area (Å²) >= 11 is 11.1. The summed E-state index contributed by atoms with van der Waals surface area (Å²) in [5.74, 6) is -1.50. The lowest BCUT2D eigenvalue weighted by molar-refractivity contribution is -0.255. The third kappa shape index (κ3) is 4.68. The molecule has 4 heterocycles. The van der Waals surface area contributed by atoms with E-state index in [1.165, 1.54) is 24.7 Å². The summed E-state index contributed by atoms with van der Waals surface area (Å²) in [5.41, 5.74) is -0.402. The quantitative estimate of drug-likeness (QED) is 0.386. The summed E-state index contributed by atoms with van der Waals surface area (Å²) in [6.45, 7) is 4.32. The van der Waals surface area contributed by atoms with E-state index in [1.54, 1.807) is 10.6 Å². The van der Waals surface area contributed by atoms with Crippen LogP contribution in [0.1, 0.15) is 27.6 Å². The maximum Gasteiger partial charge on any atom is 0.258 e. The minimum Gasteiger partial charge on any atom is -0.545 e. The summed E-state index contributed by atoms with van der Waals surface area (Å²) in [7, 11) is 0. The van der Waals surface area contributed by atoms with Crippen LogP contribution in [-0.4, -0.2) is 67.6 Å². The molecular weight excluding hydrogens is 482 g/mol. The number of carboxylic acids is 1. The Hall–Kier alpha value is -3.64. The smallest absolute Gasteiger partial charge is 0.258 e. The Morgan fingerprint density at radius 2 is 1.91 bits per heavy atom. The SMILES string of the molecule is CCn1cc(C(=O)[O-])c(=O)c2cnc(N3CCN(C(=S)NC(=O)c4ccc(Cl)nc4)CC3)nc21. The summed E-state index contributed by atoms with van der Waals surface area (Å²) in [4.78, 5) is 52.6. The number of pyridine rings is 2. The average Bonchev–Trinajstić information content (AvgIpc) is 2.84. The van der Waals surface area contributed by atoms with Crippen LogP contribution in [0.15, 0.2) is 35.5 Å². The highest BCUT2D eigenvalue weighted by Crippen LogP contribution is 2.16. The van der Waals surface area contributed by atoms with Crippen molar-refractivity contribution < 1.29 is 14.7 Å². The van der Waals surface area contributed by atoms with Crippen molar-refractivity contribution in [2.45, 2.75) is 13.5 Å². The monoisotopic (exact) mass is 500 g/mol. The third-order valence-corrected chi connectivity index (χ3v) is 6.01. The summed E-state index contributed by atoms with van der Waals surface area (Å²) in [6, 6.07) is 3.09. The fraction of sp³-hybridized carbons (Fsp3) is 0.286. The molecule has 4 rings (SSSR count). The zero-order valence-corrected chi connectivity index (χ0v) is 19.6. The van der Waals surface area contributed by atoms with Crippen LogP contribution in [0, 0.1) is 0 Å². The number of thiocarbonyl (C=S) groups is 1. The van der Waals surface area contributed by atoms with Crippen molar-refractivity contribution in [2.24, 2.45) is 0 Å². The predicted molar refractivity (Wildman–Crippen MR) is 127 cm³/mol. The largest absolute Gasteiger partial charge is 0.545 e. The van der Waals surface area contributed by atoms with Crippen molar-refractivity contribution >= 4 is 57.8 Å². The first-order valence-electron chi connectivity index (χ1n) is 10.4. The Balaban J connectivity index is 1.46. The minimum atomic E-state index is -1.54. The molecule has 1 aliphatic heterocycles. The Kier molecular flexibility index (Phi) is 6.70. The van der Waals surface area contributed by atoms with Crippen molar-refractivity contribution in [3.63, 3.8) is 0 Å². The number of aryl methyl sites for hydroxylation is 1. The van der Waals surface area contributed by atoms with Gasteiger partial charge in [0.05, 0.1) is 22.5 Å². The molecule has 176 valence electrons. The van der Waals surface area contributed by atoms with E-state index in [4.69, 9.17) is 23.8 Å². The van der Waals surface area contributed by atoms with Gasteiger partial charge in [0.2, 0.25) is 11.4 Å². The first-order valence-corrected chi connectivity index (χ1v) is 11.2. The van der Waals surface area contributed by atoms with Crippen LogP contribution in [0.4, 0.5) is 5.95 Å². The molecular formula is C21H19ClN7O4S-. The number of hydrogen-bond acceptors (Lipinski definition) is 9. The lowest BCUT2D eigenvalue weighted by atomic mass is 10.2. The molecule has 3 aromatic rings. The van der Waals surface area contributed by atoms with E-state index >= 15 is 0 Å². The second kappa shape index (κ2) is 9.69. The van der Waals surface area contributed by atoms with E-state index in [1.807, 2.05) is 16.7 Å². The molecule has 0 unspecified atom stereocenters. The Labute approximate surface area is 204 Å². The number of anilines is 1. The third-order valence-electron chi connectivity index (χ3n) is 5.42. The maximum atomic E-state index is 12.5. The Bertz CT molecular complexity index is 1340. The number of hydrogen-bond donors (Lipinski definition) is 1. The van der Waals surface area contributed by atoms with Gasteiger partial charge in [-0.3, -0.25) is 14.9 Å². The molecule has 13 heteroatoms. The molecule has 0 aliphatic carbocycles. The van der Waals surface area contributed by atoms with Gasteiger partial charge in [0, 0.05) is 51.3 Å². The standard InChI is InChI=1S/C21H20ClN7O4S/c1-2-27-11-14(19(32)33)16(30)13-10-24-20(25-17(13)27)28-5-7-29(8-6-28)21(34)26-18(31)12-3-4-15(22)23-9-12/h3-4,9-11H,2,5-8H2,1H3,(H,32,33)(H,26,31,34)/p-1. The second-order valence-corrected chi connectivity index (χ2v) is 8.23. The summed E-state index contributed by atoms with van der Waals surface area (Å²) < 4.78 is 1.58. The highest BCUT2D eigenvalue weighted by molar-refractivity contribution is 7.80. The van der Waals surface area contributed by atoms with Crippen molar-refractivity contribution in [1.82, 2.24) is 29.7 Å². The lowest BCUT2D eigenvalue weighted by Crippen LogP contribution is -2.53. The van der Waals surface area contributed by atoms with Crippen LogP contribution in [0.5, 0.6) is 0 Å². The van der Waals surface area contributed by atoms with Crippen LogP contribution in [0.3, 0.4) is 0 Å². The second-order valence-electron chi connectivity index (χ2n) is 7.46. The van der Waals surface area contributed by atoms with Gasteiger partial charge in [-0.15, -0.1) is 0 Å². The highest BCUT2D eigenvalue weighted by Gasteiger charge is 2.23. The molecule has 1 aliphatic rings. The lowest BCUT2D eigenvalue weighted by Gasteiger charge is -2.36. The van der Waals surface area contributed by atoms with Gasteiger partial charge in [-0.1, -0.05) is 11.6 Å². The molecule has 11 nitrogen and oxygen atoms in total. The van der Waals surface area contributed by atoms with Crippen molar-refractivity contribution in [1.29, 1.82) is 0 Å². The van der Waals surface area contributed by atoms with Crippen LogP contribution in [-0.2, 0) is 6.54 Å². The van der Waals surface area contributed by atoms with Gasteiger partial charge in [-0.2, -0.15) is 4.98 Å². The van der Waals surface area contributed by atoms with E-state index in [0.29, 0.717) is 60.1 Å². The van der Waals surface area contributed by atoms with Crippen molar-refractivity contribution in [3.05, 3.63) is 57.2 Å². The van der Waals surface area contributed by atoms with Crippen LogP contribution < -0.4 is 20.8 Å². The topological polar surface area (TPSA) is 136 Å². The van der Waals surface area contributed by atoms with Gasteiger partial charge >= 0.3 is 0 Å². The number of nitrogens with zero attached hydrogens (tertiary/aromatic N) is 6. The zero-order chi connectivity index (χ0) is 24.4. The molecule has 3 aromatic heterocycles. The number of nitrogens with one attached hydrogen (secondary N) is 1. The van der Waals surface area contributed by atoms with Crippen LogP contribution in [0.2, 0.25) is 5.15 Å². The van der Waals surface area contributed by atoms with E-state index in [2.05, 4.69) is 20.3 Å². The molecule has 0 radical (unpaired) electrons. The van der Waals surface area contributed by atoms with E-state index in [0.717, 1.165) is 0 Å². The number of aromatic carboxylic acids is 1. The molecule has 1 amide bonds. The average molecular weight is 501 g/mol. The molecule has 0 atom stereocenters. The van der Waals surface area contributed by atoms with E-state index < -0.39 is 17.0 Å². The van der Waals surface area contributed by atoms with Gasteiger partial charge < -0.3 is 24.3 Å². The first-order chi connectivity index (χ1) is 16.3. The van der Waals surface area contributed by atoms with Crippen molar-refractivity contribution in [2.75, 3.05) is 31.1 Å². The fourth-order valence-electron chi connectivity index (χ4n) is 3.57. The molecule has 0 bridgehead atoms. The molecule has 0 aromatic carbocycles. The molecule has 0 saturated carbocycles. The number of halogens is 1. The van der Waals surface area contributed by atoms with Gasteiger partial charge in [0.1, 0.15) is 10.8 Å². The van der Waals surface area contributed by atoms with Gasteiger partial charge in [-0.05, 0) is 31.3 Å². The number of rotatable bonds is 4. The molecule has 1 saturated heterocycles. The first kappa shape index (κ1) is 23.5.